The highest BCUT2D eigenvalue weighted by molar-refractivity contribution is 5.60. The average molecular weight is 493 g/mol. The molecule has 0 spiro atoms. The Labute approximate surface area is 206 Å². The van der Waals surface area contributed by atoms with Gasteiger partial charge in [0, 0.05) is 0 Å². The predicted molar refractivity (Wildman–Crippen MR) is 128 cm³/mol. The first-order valence-corrected chi connectivity index (χ1v) is 11.8. The van der Waals surface area contributed by atoms with Crippen molar-refractivity contribution in [3.05, 3.63) is 95.8 Å². The summed E-state index contributed by atoms with van der Waals surface area (Å²) in [7, 11) is 0. The van der Waals surface area contributed by atoms with Crippen molar-refractivity contribution >= 4 is 0 Å². The maximum absolute atomic E-state index is 14.5. The van der Waals surface area contributed by atoms with Gasteiger partial charge in [-0.2, -0.15) is 27.5 Å². The molecule has 4 heterocycles. The number of pyridine rings is 4. The van der Waals surface area contributed by atoms with E-state index in [0.717, 1.165) is 37.8 Å². The Morgan fingerprint density at radius 2 is 1.00 bits per heavy atom. The van der Waals surface area contributed by atoms with Gasteiger partial charge < -0.3 is 0 Å². The van der Waals surface area contributed by atoms with Crippen molar-refractivity contribution in [3.63, 3.8) is 0 Å². The molecule has 0 unspecified atom stereocenters. The first-order valence-electron chi connectivity index (χ1n) is 11.8. The van der Waals surface area contributed by atoms with Crippen LogP contribution in [0, 0.1) is 29.2 Å². The van der Waals surface area contributed by atoms with Crippen LogP contribution in [0.15, 0.2) is 60.7 Å². The number of hydrogen-bond acceptors (Lipinski definition) is 4. The third-order valence-electron chi connectivity index (χ3n) is 7.12. The summed E-state index contributed by atoms with van der Waals surface area (Å²) in [6, 6.07) is 15.5. The molecule has 0 N–H and O–H groups in total. The molecule has 0 amide bonds. The lowest BCUT2D eigenvalue weighted by Crippen LogP contribution is -2.37. The van der Waals surface area contributed by atoms with Gasteiger partial charge in [-0.05, 0) is 79.6 Å². The largest absolute Gasteiger partial charge is 0.252 e. The van der Waals surface area contributed by atoms with Gasteiger partial charge in [0.25, 0.3) is 0 Å². The maximum Gasteiger partial charge on any atom is 0.224 e. The van der Waals surface area contributed by atoms with E-state index >= 15 is 0 Å². The van der Waals surface area contributed by atoms with E-state index in [1.165, 1.54) is 12.1 Å². The van der Waals surface area contributed by atoms with Crippen molar-refractivity contribution in [2.45, 2.75) is 44.9 Å². The van der Waals surface area contributed by atoms with E-state index < -0.39 is 29.2 Å². The molecule has 4 aromatic rings. The molecule has 0 atom stereocenters. The molecule has 4 nitrogen and oxygen atoms in total. The highest BCUT2D eigenvalue weighted by atomic mass is 19.1. The monoisotopic (exact) mass is 492 g/mol. The van der Waals surface area contributed by atoms with E-state index in [9.17, 15) is 17.6 Å². The molecular formula is C28H24F4N4. The second-order valence-corrected chi connectivity index (χ2v) is 10.0. The van der Waals surface area contributed by atoms with Crippen LogP contribution in [0.4, 0.5) is 17.6 Å². The van der Waals surface area contributed by atoms with Crippen molar-refractivity contribution in [1.82, 2.24) is 19.9 Å². The van der Waals surface area contributed by atoms with Gasteiger partial charge in [-0.15, -0.1) is 0 Å². The standard InChI is InChI=1S/C28H24F4N4/c1-27(2)13-15-28(16-14-27,21-7-3-5-19(33-21)17-9-11-23(29)35-25(17)31)22-8-4-6-20(34-22)18-10-12-24(30)36-26(18)32/h3-12H,13-16H2,1-2H3. The fourth-order valence-corrected chi connectivity index (χ4v) is 4.91. The van der Waals surface area contributed by atoms with Gasteiger partial charge in [0.2, 0.25) is 23.8 Å². The van der Waals surface area contributed by atoms with Gasteiger partial charge in [0.05, 0.1) is 39.3 Å². The summed E-state index contributed by atoms with van der Waals surface area (Å²) in [6.45, 7) is 4.42. The quantitative estimate of drug-likeness (QED) is 0.226. The lowest BCUT2D eigenvalue weighted by molar-refractivity contribution is 0.180. The Bertz CT molecular complexity index is 1330. The van der Waals surface area contributed by atoms with Crippen molar-refractivity contribution in [2.24, 2.45) is 5.41 Å². The van der Waals surface area contributed by atoms with Crippen LogP contribution < -0.4 is 0 Å². The molecule has 4 aromatic heterocycles. The number of nitrogens with zero attached hydrogens (tertiary/aromatic N) is 4. The second kappa shape index (κ2) is 9.08. The Morgan fingerprint density at radius 1 is 0.556 bits per heavy atom. The summed E-state index contributed by atoms with van der Waals surface area (Å²) in [5.41, 5.74) is 1.78. The summed E-state index contributed by atoms with van der Waals surface area (Å²) in [6.07, 6.45) is 3.23. The maximum atomic E-state index is 14.5. The van der Waals surface area contributed by atoms with Gasteiger partial charge in [0.1, 0.15) is 0 Å². The van der Waals surface area contributed by atoms with Crippen LogP contribution in [0.3, 0.4) is 0 Å². The molecule has 0 saturated heterocycles. The Kier molecular flexibility index (Phi) is 6.06. The smallest absolute Gasteiger partial charge is 0.224 e. The number of halogens is 4. The minimum Gasteiger partial charge on any atom is -0.252 e. The van der Waals surface area contributed by atoms with Crippen LogP contribution in [-0.2, 0) is 5.41 Å². The molecule has 5 rings (SSSR count). The molecule has 0 bridgehead atoms. The lowest BCUT2D eigenvalue weighted by Gasteiger charge is -2.43. The van der Waals surface area contributed by atoms with Crippen LogP contribution in [-0.4, -0.2) is 19.9 Å². The minimum absolute atomic E-state index is 0.103. The van der Waals surface area contributed by atoms with Crippen molar-refractivity contribution in [3.8, 4) is 22.5 Å². The zero-order valence-electron chi connectivity index (χ0n) is 19.9. The molecule has 36 heavy (non-hydrogen) atoms. The van der Waals surface area contributed by atoms with Gasteiger partial charge in [-0.3, -0.25) is 9.97 Å². The van der Waals surface area contributed by atoms with E-state index in [0.29, 0.717) is 22.8 Å². The summed E-state index contributed by atoms with van der Waals surface area (Å²) in [4.78, 5) is 16.2. The highest BCUT2D eigenvalue weighted by Gasteiger charge is 2.43. The van der Waals surface area contributed by atoms with Gasteiger partial charge >= 0.3 is 0 Å². The number of rotatable bonds is 4. The third-order valence-corrected chi connectivity index (χ3v) is 7.12. The molecule has 1 fully saturated rings. The van der Waals surface area contributed by atoms with Gasteiger partial charge in [-0.1, -0.05) is 26.0 Å². The third kappa shape index (κ3) is 4.47. The molecule has 1 aliphatic carbocycles. The lowest BCUT2D eigenvalue weighted by atomic mass is 9.62. The average Bonchev–Trinajstić information content (AvgIpc) is 2.84. The molecular weight excluding hydrogens is 468 g/mol. The zero-order chi connectivity index (χ0) is 25.5. The summed E-state index contributed by atoms with van der Waals surface area (Å²) in [5, 5.41) is 0. The van der Waals surface area contributed by atoms with E-state index in [2.05, 4.69) is 23.8 Å². The zero-order valence-corrected chi connectivity index (χ0v) is 19.9. The highest BCUT2D eigenvalue weighted by Crippen LogP contribution is 2.50. The Morgan fingerprint density at radius 3 is 1.42 bits per heavy atom. The Hall–Kier alpha value is -3.68. The van der Waals surface area contributed by atoms with Gasteiger partial charge in [-0.25, -0.2) is 0 Å². The summed E-state index contributed by atoms with van der Waals surface area (Å²) in [5.74, 6) is -3.67. The number of aromatic nitrogens is 4. The van der Waals surface area contributed by atoms with Crippen LogP contribution in [0.5, 0.6) is 0 Å². The van der Waals surface area contributed by atoms with Crippen molar-refractivity contribution in [1.29, 1.82) is 0 Å². The van der Waals surface area contributed by atoms with Crippen LogP contribution >= 0.6 is 0 Å². The first kappa shape index (κ1) is 24.0. The van der Waals surface area contributed by atoms with Crippen molar-refractivity contribution in [2.75, 3.05) is 0 Å². The van der Waals surface area contributed by atoms with Crippen LogP contribution in [0.25, 0.3) is 22.5 Å². The fourth-order valence-electron chi connectivity index (χ4n) is 4.91. The number of hydrogen-bond donors (Lipinski definition) is 0. The van der Waals surface area contributed by atoms with Crippen molar-refractivity contribution < 1.29 is 17.6 Å². The SMILES string of the molecule is CC1(C)CCC(c2cccc(-c3ccc(F)nc3F)n2)(c2cccc(-c3ccc(F)nc3F)n2)CC1. The first-order chi connectivity index (χ1) is 17.2. The topological polar surface area (TPSA) is 51.6 Å². The Balaban J connectivity index is 1.64. The minimum atomic E-state index is -0.933. The predicted octanol–water partition coefficient (Wildman–Crippen LogP) is 7.04. The fraction of sp³-hybridized carbons (Fsp3) is 0.286. The molecule has 8 heteroatoms. The second-order valence-electron chi connectivity index (χ2n) is 10.0. The molecule has 1 saturated carbocycles. The molecule has 0 aliphatic heterocycles. The molecule has 0 radical (unpaired) electrons. The van der Waals surface area contributed by atoms with Crippen LogP contribution in [0.1, 0.15) is 50.9 Å². The summed E-state index contributed by atoms with van der Waals surface area (Å²) < 4.78 is 55.7. The van der Waals surface area contributed by atoms with E-state index in [-0.39, 0.29) is 16.5 Å². The molecule has 1 aliphatic rings. The van der Waals surface area contributed by atoms with E-state index in [4.69, 9.17) is 9.97 Å². The van der Waals surface area contributed by atoms with Gasteiger partial charge in [0.15, 0.2) is 0 Å². The van der Waals surface area contributed by atoms with E-state index in [1.54, 1.807) is 24.3 Å². The summed E-state index contributed by atoms with van der Waals surface area (Å²) >= 11 is 0. The molecule has 184 valence electrons. The molecule has 0 aromatic carbocycles. The van der Waals surface area contributed by atoms with Crippen LogP contribution in [0.2, 0.25) is 0 Å². The normalized spacial score (nSPS) is 16.6. The van der Waals surface area contributed by atoms with E-state index in [1.807, 2.05) is 12.1 Å².